The van der Waals surface area contributed by atoms with Crippen LogP contribution in [0.2, 0.25) is 0 Å². The maximum absolute atomic E-state index is 11.2. The van der Waals surface area contributed by atoms with Gasteiger partial charge in [-0.05, 0) is 28.8 Å². The Morgan fingerprint density at radius 3 is 2.42 bits per heavy atom. The maximum Gasteiger partial charge on any atom is 0.352 e. The first kappa shape index (κ1) is 14.2. The number of pyridine rings is 1. The van der Waals surface area contributed by atoms with Crippen molar-refractivity contribution in [2.45, 2.75) is 0 Å². The standard InChI is InChI=1S/C20H14N2O2/c23-20(24)18-10-16-17(11-21-12-19(16)22-18)15-8-4-7-14(9-15)13-5-2-1-3-6-13/h1-12,22H,(H,23,24). The highest BCUT2D eigenvalue weighted by atomic mass is 16.4. The van der Waals surface area contributed by atoms with E-state index in [-0.39, 0.29) is 5.69 Å². The molecule has 4 rings (SSSR count). The van der Waals surface area contributed by atoms with E-state index in [4.69, 9.17) is 0 Å². The number of benzene rings is 2. The number of hydrogen-bond donors (Lipinski definition) is 2. The molecule has 4 aromatic rings. The van der Waals surface area contributed by atoms with Gasteiger partial charge in [0.1, 0.15) is 5.69 Å². The van der Waals surface area contributed by atoms with Crippen LogP contribution >= 0.6 is 0 Å². The van der Waals surface area contributed by atoms with E-state index in [1.54, 1.807) is 18.5 Å². The summed E-state index contributed by atoms with van der Waals surface area (Å²) in [5.74, 6) is -0.977. The van der Waals surface area contributed by atoms with Crippen molar-refractivity contribution in [1.29, 1.82) is 0 Å². The molecule has 0 amide bonds. The van der Waals surface area contributed by atoms with Gasteiger partial charge >= 0.3 is 5.97 Å². The number of carboxylic acids is 1. The minimum absolute atomic E-state index is 0.165. The summed E-state index contributed by atoms with van der Waals surface area (Å²) in [6.07, 6.45) is 3.41. The Balaban J connectivity index is 1.88. The average Bonchev–Trinajstić information content (AvgIpc) is 3.07. The number of hydrogen-bond acceptors (Lipinski definition) is 2. The van der Waals surface area contributed by atoms with Crippen LogP contribution in [0.25, 0.3) is 33.2 Å². The number of aromatic carboxylic acids is 1. The zero-order valence-electron chi connectivity index (χ0n) is 12.7. The first-order valence-corrected chi connectivity index (χ1v) is 7.58. The molecule has 0 saturated carbocycles. The van der Waals surface area contributed by atoms with Crippen molar-refractivity contribution in [2.24, 2.45) is 0 Å². The summed E-state index contributed by atoms with van der Waals surface area (Å²) in [7, 11) is 0. The Hall–Kier alpha value is -3.40. The second-order valence-electron chi connectivity index (χ2n) is 5.58. The molecule has 2 aromatic carbocycles. The van der Waals surface area contributed by atoms with Crippen LogP contribution in [0.3, 0.4) is 0 Å². The number of fused-ring (bicyclic) bond motifs is 1. The van der Waals surface area contributed by atoms with E-state index in [9.17, 15) is 9.90 Å². The Morgan fingerprint density at radius 1 is 0.875 bits per heavy atom. The number of carbonyl (C=O) groups is 1. The number of nitrogens with one attached hydrogen (secondary N) is 1. The minimum Gasteiger partial charge on any atom is -0.477 e. The van der Waals surface area contributed by atoms with Crippen molar-refractivity contribution in [3.8, 4) is 22.3 Å². The van der Waals surface area contributed by atoms with Crippen LogP contribution in [0.15, 0.2) is 73.1 Å². The van der Waals surface area contributed by atoms with Gasteiger partial charge in [-0.25, -0.2) is 4.79 Å². The van der Waals surface area contributed by atoms with Crippen LogP contribution in [0.1, 0.15) is 10.5 Å². The summed E-state index contributed by atoms with van der Waals surface area (Å²) >= 11 is 0. The lowest BCUT2D eigenvalue weighted by Crippen LogP contribution is -1.94. The summed E-state index contributed by atoms with van der Waals surface area (Å²) in [4.78, 5) is 18.3. The van der Waals surface area contributed by atoms with Crippen LogP contribution in [0, 0.1) is 0 Å². The van der Waals surface area contributed by atoms with Crippen molar-refractivity contribution in [2.75, 3.05) is 0 Å². The van der Waals surface area contributed by atoms with Gasteiger partial charge in [0.05, 0.1) is 11.7 Å². The van der Waals surface area contributed by atoms with Gasteiger partial charge in [0, 0.05) is 17.1 Å². The molecule has 0 bridgehead atoms. The molecular formula is C20H14N2O2. The Kier molecular flexibility index (Phi) is 3.35. The van der Waals surface area contributed by atoms with Crippen LogP contribution in [-0.4, -0.2) is 21.0 Å². The van der Waals surface area contributed by atoms with Crippen molar-refractivity contribution in [1.82, 2.24) is 9.97 Å². The quantitative estimate of drug-likeness (QED) is 0.581. The molecule has 0 aliphatic heterocycles. The fourth-order valence-electron chi connectivity index (χ4n) is 2.89. The first-order valence-electron chi connectivity index (χ1n) is 7.58. The van der Waals surface area contributed by atoms with E-state index in [0.29, 0.717) is 0 Å². The summed E-state index contributed by atoms with van der Waals surface area (Å²) in [5.41, 5.74) is 5.05. The van der Waals surface area contributed by atoms with Gasteiger partial charge in [-0.1, -0.05) is 48.5 Å². The van der Waals surface area contributed by atoms with E-state index in [1.807, 2.05) is 30.3 Å². The van der Waals surface area contributed by atoms with Crippen molar-refractivity contribution >= 4 is 16.9 Å². The highest BCUT2D eigenvalue weighted by molar-refractivity contribution is 6.00. The average molecular weight is 314 g/mol. The molecule has 0 fully saturated rings. The van der Waals surface area contributed by atoms with E-state index in [1.165, 1.54) is 0 Å². The van der Waals surface area contributed by atoms with Gasteiger partial charge in [0.15, 0.2) is 0 Å². The fourth-order valence-corrected chi connectivity index (χ4v) is 2.89. The molecule has 4 nitrogen and oxygen atoms in total. The largest absolute Gasteiger partial charge is 0.477 e. The zero-order valence-corrected chi connectivity index (χ0v) is 12.7. The first-order chi connectivity index (χ1) is 11.7. The smallest absolute Gasteiger partial charge is 0.352 e. The van der Waals surface area contributed by atoms with Crippen LogP contribution < -0.4 is 0 Å². The second-order valence-corrected chi connectivity index (χ2v) is 5.58. The molecule has 24 heavy (non-hydrogen) atoms. The maximum atomic E-state index is 11.2. The predicted octanol–water partition coefficient (Wildman–Crippen LogP) is 4.60. The normalized spacial score (nSPS) is 10.8. The minimum atomic E-state index is -0.977. The topological polar surface area (TPSA) is 66.0 Å². The molecule has 0 aliphatic rings. The Morgan fingerprint density at radius 2 is 1.62 bits per heavy atom. The van der Waals surface area contributed by atoms with Crippen LogP contribution in [-0.2, 0) is 0 Å². The lowest BCUT2D eigenvalue weighted by Gasteiger charge is -2.07. The second kappa shape index (κ2) is 5.66. The Bertz CT molecular complexity index is 1040. The lowest BCUT2D eigenvalue weighted by atomic mass is 9.98. The molecule has 116 valence electrons. The predicted molar refractivity (Wildman–Crippen MR) is 93.9 cm³/mol. The van der Waals surface area contributed by atoms with E-state index in [2.05, 4.69) is 34.2 Å². The third-order valence-electron chi connectivity index (χ3n) is 4.06. The van der Waals surface area contributed by atoms with E-state index >= 15 is 0 Å². The lowest BCUT2D eigenvalue weighted by molar-refractivity contribution is 0.0691. The monoisotopic (exact) mass is 314 g/mol. The summed E-state index contributed by atoms with van der Waals surface area (Å²) in [5, 5.41) is 10.0. The molecule has 0 unspecified atom stereocenters. The molecule has 2 aromatic heterocycles. The van der Waals surface area contributed by atoms with E-state index in [0.717, 1.165) is 33.2 Å². The van der Waals surface area contributed by atoms with Crippen LogP contribution in [0.4, 0.5) is 0 Å². The number of nitrogens with zero attached hydrogens (tertiary/aromatic N) is 1. The fraction of sp³-hybridized carbons (Fsp3) is 0. The molecule has 0 radical (unpaired) electrons. The number of aromatic nitrogens is 2. The number of H-pyrrole nitrogens is 1. The highest BCUT2D eigenvalue weighted by Gasteiger charge is 2.12. The van der Waals surface area contributed by atoms with Crippen LogP contribution in [0.5, 0.6) is 0 Å². The summed E-state index contributed by atoms with van der Waals surface area (Å²) in [6.45, 7) is 0. The van der Waals surface area contributed by atoms with Crippen molar-refractivity contribution < 1.29 is 9.90 Å². The van der Waals surface area contributed by atoms with Gasteiger partial charge in [-0.15, -0.1) is 0 Å². The SMILES string of the molecule is O=C(O)c1cc2c(-c3cccc(-c4ccccc4)c3)cncc2[nH]1. The van der Waals surface area contributed by atoms with Gasteiger partial charge in [-0.3, -0.25) is 4.98 Å². The van der Waals surface area contributed by atoms with Gasteiger partial charge in [-0.2, -0.15) is 0 Å². The third kappa shape index (κ3) is 2.44. The summed E-state index contributed by atoms with van der Waals surface area (Å²) < 4.78 is 0. The molecule has 0 saturated heterocycles. The molecule has 0 aliphatic carbocycles. The van der Waals surface area contributed by atoms with Crippen molar-refractivity contribution in [3.63, 3.8) is 0 Å². The number of carboxylic acid groups (broad SMARTS) is 1. The molecule has 0 spiro atoms. The number of aromatic amines is 1. The van der Waals surface area contributed by atoms with Crippen molar-refractivity contribution in [3.05, 3.63) is 78.8 Å². The number of rotatable bonds is 3. The van der Waals surface area contributed by atoms with Gasteiger partial charge < -0.3 is 10.1 Å². The zero-order chi connectivity index (χ0) is 16.5. The highest BCUT2D eigenvalue weighted by Crippen LogP contribution is 2.31. The Labute approximate surface area is 138 Å². The van der Waals surface area contributed by atoms with E-state index < -0.39 is 5.97 Å². The summed E-state index contributed by atoms with van der Waals surface area (Å²) in [6, 6.07) is 20.0. The van der Waals surface area contributed by atoms with Gasteiger partial charge in [0.2, 0.25) is 0 Å². The molecule has 2 heterocycles. The van der Waals surface area contributed by atoms with Gasteiger partial charge in [0.25, 0.3) is 0 Å². The molecule has 4 heteroatoms. The molecule has 0 atom stereocenters. The third-order valence-corrected chi connectivity index (χ3v) is 4.06. The molecule has 2 N–H and O–H groups in total. The molecular weight excluding hydrogens is 300 g/mol.